The van der Waals surface area contributed by atoms with Crippen LogP contribution in [0.5, 0.6) is 0 Å². The average Bonchev–Trinajstić information content (AvgIpc) is 2.87. The predicted octanol–water partition coefficient (Wildman–Crippen LogP) is 3.51. The van der Waals surface area contributed by atoms with Gasteiger partial charge in [-0.3, -0.25) is 0 Å². The van der Waals surface area contributed by atoms with Gasteiger partial charge in [-0.15, -0.1) is 0 Å². The Kier molecular flexibility index (Phi) is 4.51. The molecule has 3 nitrogen and oxygen atoms in total. The SMILES string of the molecule is CN(C)C1=CC=CC1c1ccccc1C=NNC(C)(C)C. The Morgan fingerprint density at radius 1 is 1.19 bits per heavy atom. The third kappa shape index (κ3) is 3.97. The fourth-order valence-electron chi connectivity index (χ4n) is 2.36. The first-order valence-electron chi connectivity index (χ1n) is 7.33. The van der Waals surface area contributed by atoms with Crippen LogP contribution in [-0.4, -0.2) is 30.7 Å². The fourth-order valence-corrected chi connectivity index (χ4v) is 2.36. The van der Waals surface area contributed by atoms with Crippen LogP contribution in [0.25, 0.3) is 0 Å². The molecule has 2 rings (SSSR count). The van der Waals surface area contributed by atoms with Gasteiger partial charge in [-0.05, 0) is 38.0 Å². The normalized spacial score (nSPS) is 18.1. The molecule has 0 radical (unpaired) electrons. The number of rotatable bonds is 4. The molecule has 0 aromatic heterocycles. The maximum atomic E-state index is 4.38. The van der Waals surface area contributed by atoms with Gasteiger partial charge in [0.05, 0.1) is 6.21 Å². The number of nitrogens with one attached hydrogen (secondary N) is 1. The molecule has 0 fully saturated rings. The van der Waals surface area contributed by atoms with E-state index in [1.165, 1.54) is 11.3 Å². The molecule has 1 aromatic carbocycles. The van der Waals surface area contributed by atoms with Crippen molar-refractivity contribution in [3.63, 3.8) is 0 Å². The first-order chi connectivity index (χ1) is 9.88. The van der Waals surface area contributed by atoms with Gasteiger partial charge < -0.3 is 10.3 Å². The molecule has 0 heterocycles. The lowest BCUT2D eigenvalue weighted by Crippen LogP contribution is -2.31. The summed E-state index contributed by atoms with van der Waals surface area (Å²) in [5.74, 6) is 0.303. The second-order valence-corrected chi connectivity index (χ2v) is 6.60. The number of allylic oxidation sites excluding steroid dienone is 3. The number of likely N-dealkylation sites (N-methyl/N-ethyl adjacent to an activating group) is 1. The van der Waals surface area contributed by atoms with Gasteiger partial charge in [0.1, 0.15) is 0 Å². The molecule has 0 spiro atoms. The van der Waals surface area contributed by atoms with Crippen LogP contribution in [0.4, 0.5) is 0 Å². The zero-order valence-corrected chi connectivity index (χ0v) is 13.6. The van der Waals surface area contributed by atoms with E-state index in [0.29, 0.717) is 5.92 Å². The van der Waals surface area contributed by atoms with E-state index in [1.807, 2.05) is 6.21 Å². The highest BCUT2D eigenvalue weighted by Crippen LogP contribution is 2.32. The fraction of sp³-hybridized carbons (Fsp3) is 0.389. The van der Waals surface area contributed by atoms with Gasteiger partial charge in [-0.2, -0.15) is 5.10 Å². The molecule has 0 saturated heterocycles. The highest BCUT2D eigenvalue weighted by molar-refractivity contribution is 5.82. The van der Waals surface area contributed by atoms with Gasteiger partial charge in [-0.25, -0.2) is 0 Å². The second-order valence-electron chi connectivity index (χ2n) is 6.60. The molecular weight excluding hydrogens is 258 g/mol. The second kappa shape index (κ2) is 6.17. The van der Waals surface area contributed by atoms with E-state index in [-0.39, 0.29) is 5.54 Å². The molecular formula is C18H25N3. The topological polar surface area (TPSA) is 27.6 Å². The molecule has 1 N–H and O–H groups in total. The molecule has 1 aliphatic carbocycles. The summed E-state index contributed by atoms with van der Waals surface area (Å²) in [6.07, 6.45) is 8.45. The van der Waals surface area contributed by atoms with Crippen molar-refractivity contribution in [3.8, 4) is 0 Å². The molecule has 0 amide bonds. The number of hydrogen-bond donors (Lipinski definition) is 1. The van der Waals surface area contributed by atoms with E-state index >= 15 is 0 Å². The van der Waals surface area contributed by atoms with Crippen LogP contribution < -0.4 is 5.43 Å². The molecule has 0 aliphatic heterocycles. The zero-order valence-electron chi connectivity index (χ0n) is 13.6. The Morgan fingerprint density at radius 2 is 1.90 bits per heavy atom. The number of nitrogens with zero attached hydrogens (tertiary/aromatic N) is 2. The molecule has 1 atom stereocenters. The quantitative estimate of drug-likeness (QED) is 0.676. The van der Waals surface area contributed by atoms with Crippen molar-refractivity contribution >= 4 is 6.21 Å². The first kappa shape index (κ1) is 15.4. The molecule has 1 aliphatic rings. The lowest BCUT2D eigenvalue weighted by molar-refractivity contribution is 0.442. The highest BCUT2D eigenvalue weighted by atomic mass is 15.3. The van der Waals surface area contributed by atoms with Gasteiger partial charge >= 0.3 is 0 Å². The minimum atomic E-state index is -0.0204. The van der Waals surface area contributed by atoms with E-state index in [2.05, 4.69) is 92.8 Å². The van der Waals surface area contributed by atoms with Crippen molar-refractivity contribution in [1.82, 2.24) is 10.3 Å². The van der Waals surface area contributed by atoms with Crippen LogP contribution in [0.15, 0.2) is 53.3 Å². The van der Waals surface area contributed by atoms with Crippen LogP contribution in [0.1, 0.15) is 37.8 Å². The first-order valence-corrected chi connectivity index (χ1v) is 7.33. The van der Waals surface area contributed by atoms with Crippen molar-refractivity contribution in [2.45, 2.75) is 32.2 Å². The molecule has 112 valence electrons. The minimum absolute atomic E-state index is 0.0204. The van der Waals surface area contributed by atoms with E-state index in [4.69, 9.17) is 0 Å². The van der Waals surface area contributed by atoms with Crippen LogP contribution in [0.2, 0.25) is 0 Å². The molecule has 21 heavy (non-hydrogen) atoms. The van der Waals surface area contributed by atoms with Crippen LogP contribution in [-0.2, 0) is 0 Å². The van der Waals surface area contributed by atoms with Crippen LogP contribution >= 0.6 is 0 Å². The van der Waals surface area contributed by atoms with Crippen molar-refractivity contribution in [3.05, 3.63) is 59.3 Å². The molecule has 0 bridgehead atoms. The lowest BCUT2D eigenvalue weighted by Gasteiger charge is -2.23. The summed E-state index contributed by atoms with van der Waals surface area (Å²) in [4.78, 5) is 2.17. The average molecular weight is 283 g/mol. The third-order valence-corrected chi connectivity index (χ3v) is 3.34. The number of hydrogen-bond acceptors (Lipinski definition) is 3. The maximum Gasteiger partial charge on any atom is 0.0543 e. The Labute approximate surface area is 128 Å². The molecule has 1 aromatic rings. The largest absolute Gasteiger partial charge is 0.380 e. The Balaban J connectivity index is 2.26. The molecule has 0 saturated carbocycles. The Morgan fingerprint density at radius 3 is 2.57 bits per heavy atom. The van der Waals surface area contributed by atoms with E-state index in [0.717, 1.165) is 5.56 Å². The van der Waals surface area contributed by atoms with Gasteiger partial charge in [0.25, 0.3) is 0 Å². The minimum Gasteiger partial charge on any atom is -0.380 e. The van der Waals surface area contributed by atoms with Crippen molar-refractivity contribution < 1.29 is 0 Å². The maximum absolute atomic E-state index is 4.38. The van der Waals surface area contributed by atoms with Crippen molar-refractivity contribution in [2.75, 3.05) is 14.1 Å². The highest BCUT2D eigenvalue weighted by Gasteiger charge is 2.20. The Bertz CT molecular complexity index is 574. The molecule has 3 heteroatoms. The summed E-state index contributed by atoms with van der Waals surface area (Å²) < 4.78 is 0. The summed E-state index contributed by atoms with van der Waals surface area (Å²) in [6.45, 7) is 6.30. The molecule has 1 unspecified atom stereocenters. The van der Waals surface area contributed by atoms with Gasteiger partial charge in [0.15, 0.2) is 0 Å². The third-order valence-electron chi connectivity index (χ3n) is 3.34. The van der Waals surface area contributed by atoms with Gasteiger partial charge in [-0.1, -0.05) is 36.4 Å². The Hall–Kier alpha value is -2.03. The summed E-state index contributed by atoms with van der Waals surface area (Å²) in [6, 6.07) is 8.43. The summed E-state index contributed by atoms with van der Waals surface area (Å²) >= 11 is 0. The van der Waals surface area contributed by atoms with Crippen LogP contribution in [0.3, 0.4) is 0 Å². The van der Waals surface area contributed by atoms with Crippen molar-refractivity contribution in [2.24, 2.45) is 5.10 Å². The number of hydrazone groups is 1. The summed E-state index contributed by atoms with van der Waals surface area (Å²) in [5.41, 5.74) is 6.87. The van der Waals surface area contributed by atoms with E-state index in [9.17, 15) is 0 Å². The van der Waals surface area contributed by atoms with E-state index in [1.54, 1.807) is 0 Å². The smallest absolute Gasteiger partial charge is 0.0543 e. The number of benzene rings is 1. The monoisotopic (exact) mass is 283 g/mol. The van der Waals surface area contributed by atoms with Crippen molar-refractivity contribution in [1.29, 1.82) is 0 Å². The van der Waals surface area contributed by atoms with E-state index < -0.39 is 0 Å². The predicted molar refractivity (Wildman–Crippen MR) is 90.6 cm³/mol. The van der Waals surface area contributed by atoms with Gasteiger partial charge in [0, 0.05) is 31.2 Å². The zero-order chi connectivity index (χ0) is 15.5. The standard InChI is InChI=1S/C18H25N3/c1-18(2,3)20-19-13-14-9-6-7-10-15(14)16-11-8-12-17(16)21(4)5/h6-13,16,20H,1-5H3. The summed E-state index contributed by atoms with van der Waals surface area (Å²) in [7, 11) is 4.17. The lowest BCUT2D eigenvalue weighted by atomic mass is 9.93. The van der Waals surface area contributed by atoms with Crippen LogP contribution in [0, 0.1) is 0 Å². The summed E-state index contributed by atoms with van der Waals surface area (Å²) in [5, 5.41) is 4.38. The van der Waals surface area contributed by atoms with Gasteiger partial charge in [0.2, 0.25) is 0 Å².